The summed E-state index contributed by atoms with van der Waals surface area (Å²) < 4.78 is 13.7. The second-order valence-corrected chi connectivity index (χ2v) is 8.51. The molecule has 2 aliphatic rings. The number of hydrogen-bond acceptors (Lipinski definition) is 4. The van der Waals surface area contributed by atoms with Crippen LogP contribution in [0.4, 0.5) is 9.18 Å². The molecule has 2 fully saturated rings. The molecule has 7 nitrogen and oxygen atoms in total. The van der Waals surface area contributed by atoms with Crippen LogP contribution in [0.15, 0.2) is 42.6 Å². The Morgan fingerprint density at radius 3 is 2.78 bits per heavy atom. The summed E-state index contributed by atoms with van der Waals surface area (Å²) in [5.41, 5.74) is 2.57. The molecule has 1 N–H and O–H groups in total. The first-order chi connectivity index (χ1) is 15.4. The molecule has 3 atom stereocenters. The third kappa shape index (κ3) is 4.22. The molecule has 1 unspecified atom stereocenters. The highest BCUT2D eigenvalue weighted by atomic mass is 19.1. The number of likely N-dealkylation sites (tertiary alicyclic amines) is 2. The van der Waals surface area contributed by atoms with Crippen molar-refractivity contribution in [2.24, 2.45) is 5.92 Å². The van der Waals surface area contributed by atoms with E-state index < -0.39 is 18.0 Å². The summed E-state index contributed by atoms with van der Waals surface area (Å²) in [4.78, 5) is 45.7. The first-order valence-electron chi connectivity index (χ1n) is 10.9. The molecule has 0 bridgehead atoms. The fourth-order valence-corrected chi connectivity index (χ4v) is 4.73. The van der Waals surface area contributed by atoms with Crippen molar-refractivity contribution >= 4 is 17.8 Å². The fourth-order valence-electron chi connectivity index (χ4n) is 4.73. The molecule has 32 heavy (non-hydrogen) atoms. The van der Waals surface area contributed by atoms with Crippen LogP contribution in [0.3, 0.4) is 0 Å². The summed E-state index contributed by atoms with van der Waals surface area (Å²) in [6.45, 7) is 2.76. The summed E-state index contributed by atoms with van der Waals surface area (Å²) in [6.07, 6.45) is 3.63. The number of carbonyl (C=O) groups is 3. The number of rotatable bonds is 4. The van der Waals surface area contributed by atoms with E-state index in [0.29, 0.717) is 19.5 Å². The zero-order valence-corrected chi connectivity index (χ0v) is 18.3. The predicted octanol–water partition coefficient (Wildman–Crippen LogP) is 2.64. The SMILES string of the molecule is CNC(=O)[C@@H]1[C@@H](Cc2ccnc(C)c2)C(=O)N1C(=O)N1CCCC(c2cccc(F)c2)C1. The Hall–Kier alpha value is -3.29. The van der Waals surface area contributed by atoms with Gasteiger partial charge in [0, 0.05) is 37.9 Å². The van der Waals surface area contributed by atoms with E-state index in [1.54, 1.807) is 17.2 Å². The van der Waals surface area contributed by atoms with Crippen molar-refractivity contribution in [3.8, 4) is 0 Å². The van der Waals surface area contributed by atoms with Gasteiger partial charge in [0.1, 0.15) is 11.9 Å². The number of nitrogens with zero attached hydrogens (tertiary/aromatic N) is 3. The van der Waals surface area contributed by atoms with E-state index >= 15 is 0 Å². The number of imide groups is 1. The minimum absolute atomic E-state index is 0.00572. The van der Waals surface area contributed by atoms with Crippen LogP contribution in [0.25, 0.3) is 0 Å². The minimum atomic E-state index is -0.844. The molecule has 1 aromatic heterocycles. The molecule has 0 saturated carbocycles. The van der Waals surface area contributed by atoms with Gasteiger partial charge in [-0.3, -0.25) is 19.5 Å². The van der Waals surface area contributed by atoms with Crippen LogP contribution in [0, 0.1) is 18.7 Å². The first-order valence-corrected chi connectivity index (χ1v) is 10.9. The van der Waals surface area contributed by atoms with Gasteiger partial charge in [-0.2, -0.15) is 0 Å². The number of urea groups is 1. The van der Waals surface area contributed by atoms with Crippen LogP contribution in [-0.4, -0.2) is 58.8 Å². The Labute approximate surface area is 186 Å². The molecular weight excluding hydrogens is 411 g/mol. The van der Waals surface area contributed by atoms with E-state index in [1.165, 1.54) is 19.2 Å². The third-order valence-corrected chi connectivity index (χ3v) is 6.36. The molecule has 1 aromatic carbocycles. The summed E-state index contributed by atoms with van der Waals surface area (Å²) in [5, 5.41) is 2.59. The van der Waals surface area contributed by atoms with Crippen LogP contribution < -0.4 is 5.32 Å². The molecular formula is C24H27FN4O3. The van der Waals surface area contributed by atoms with Gasteiger partial charge in [0.05, 0.1) is 5.92 Å². The molecule has 4 rings (SSSR count). The number of halogens is 1. The van der Waals surface area contributed by atoms with Crippen LogP contribution >= 0.6 is 0 Å². The fraction of sp³-hybridized carbons (Fsp3) is 0.417. The Bertz CT molecular complexity index is 1040. The summed E-state index contributed by atoms with van der Waals surface area (Å²) in [6, 6.07) is 8.82. The molecule has 0 spiro atoms. The number of aryl methyl sites for hydroxylation is 1. The lowest BCUT2D eigenvalue weighted by Crippen LogP contribution is -2.70. The second kappa shape index (κ2) is 9.06. The summed E-state index contributed by atoms with van der Waals surface area (Å²) in [5.74, 6) is -1.60. The highest BCUT2D eigenvalue weighted by molar-refractivity contribution is 6.09. The topological polar surface area (TPSA) is 82.6 Å². The van der Waals surface area contributed by atoms with Crippen molar-refractivity contribution in [1.29, 1.82) is 0 Å². The van der Waals surface area contributed by atoms with E-state index in [0.717, 1.165) is 34.6 Å². The summed E-state index contributed by atoms with van der Waals surface area (Å²) in [7, 11) is 1.50. The maximum Gasteiger partial charge on any atom is 0.327 e. The van der Waals surface area contributed by atoms with Crippen molar-refractivity contribution in [1.82, 2.24) is 20.1 Å². The smallest absolute Gasteiger partial charge is 0.327 e. The van der Waals surface area contributed by atoms with Gasteiger partial charge < -0.3 is 10.2 Å². The van der Waals surface area contributed by atoms with E-state index in [4.69, 9.17) is 0 Å². The Morgan fingerprint density at radius 1 is 1.25 bits per heavy atom. The van der Waals surface area contributed by atoms with Gasteiger partial charge in [-0.25, -0.2) is 9.18 Å². The van der Waals surface area contributed by atoms with Gasteiger partial charge in [0.25, 0.3) is 0 Å². The normalized spacial score (nSPS) is 23.0. The Balaban J connectivity index is 1.50. The number of carbonyl (C=O) groups excluding carboxylic acids is 3. The number of benzene rings is 1. The predicted molar refractivity (Wildman–Crippen MR) is 116 cm³/mol. The van der Waals surface area contributed by atoms with Crippen molar-refractivity contribution in [3.05, 3.63) is 65.2 Å². The zero-order chi connectivity index (χ0) is 22.8. The van der Waals surface area contributed by atoms with Crippen molar-refractivity contribution in [3.63, 3.8) is 0 Å². The zero-order valence-electron chi connectivity index (χ0n) is 18.3. The van der Waals surface area contributed by atoms with Gasteiger partial charge in [-0.15, -0.1) is 0 Å². The third-order valence-electron chi connectivity index (χ3n) is 6.36. The van der Waals surface area contributed by atoms with Crippen molar-refractivity contribution in [2.75, 3.05) is 20.1 Å². The maximum atomic E-state index is 13.7. The average Bonchev–Trinajstić information content (AvgIpc) is 2.80. The second-order valence-electron chi connectivity index (χ2n) is 8.51. The molecule has 4 amide bonds. The number of aromatic nitrogens is 1. The number of piperidine rings is 1. The molecule has 3 heterocycles. The van der Waals surface area contributed by atoms with Gasteiger partial charge in [0.2, 0.25) is 11.8 Å². The molecule has 2 aromatic rings. The molecule has 2 saturated heterocycles. The highest BCUT2D eigenvalue weighted by Gasteiger charge is 2.55. The van der Waals surface area contributed by atoms with Gasteiger partial charge in [-0.1, -0.05) is 12.1 Å². The number of hydrogen-bond donors (Lipinski definition) is 1. The molecule has 0 aliphatic carbocycles. The number of β-lactam (4-membered cyclic amide) rings is 1. The standard InChI is InChI=1S/C24H27FN4O3/c1-15-11-16(8-9-27-15)12-20-21(22(30)26-2)29(23(20)31)24(32)28-10-4-6-18(14-28)17-5-3-7-19(25)13-17/h3,5,7-9,11,13,18,20-21H,4,6,10,12,14H2,1-2H3,(H,26,30)/t18?,20-,21+/m1/s1. The van der Waals surface area contributed by atoms with E-state index in [1.807, 2.05) is 25.1 Å². The van der Waals surface area contributed by atoms with Crippen LogP contribution in [0.2, 0.25) is 0 Å². The molecule has 2 aliphatic heterocycles. The number of amides is 4. The van der Waals surface area contributed by atoms with Gasteiger partial charge in [-0.05, 0) is 61.6 Å². The van der Waals surface area contributed by atoms with Gasteiger partial charge >= 0.3 is 6.03 Å². The van der Waals surface area contributed by atoms with Crippen molar-refractivity contribution < 1.29 is 18.8 Å². The van der Waals surface area contributed by atoms with E-state index in [2.05, 4.69) is 10.3 Å². The van der Waals surface area contributed by atoms with Crippen LogP contribution in [0.1, 0.15) is 35.6 Å². The largest absolute Gasteiger partial charge is 0.357 e. The average molecular weight is 439 g/mol. The maximum absolute atomic E-state index is 13.7. The number of likely N-dealkylation sites (N-methyl/N-ethyl adjacent to an activating group) is 1. The van der Waals surface area contributed by atoms with E-state index in [9.17, 15) is 18.8 Å². The molecule has 8 heteroatoms. The van der Waals surface area contributed by atoms with Gasteiger partial charge in [0.15, 0.2) is 0 Å². The molecule has 168 valence electrons. The molecule has 0 radical (unpaired) electrons. The number of pyridine rings is 1. The Morgan fingerprint density at radius 2 is 2.06 bits per heavy atom. The van der Waals surface area contributed by atoms with E-state index in [-0.39, 0.29) is 23.5 Å². The lowest BCUT2D eigenvalue weighted by atomic mass is 9.81. The number of nitrogens with one attached hydrogen (secondary N) is 1. The first kappa shape index (κ1) is 21.9. The van der Waals surface area contributed by atoms with Crippen molar-refractivity contribution in [2.45, 2.75) is 38.1 Å². The quantitative estimate of drug-likeness (QED) is 0.744. The lowest BCUT2D eigenvalue weighted by molar-refractivity contribution is -0.158. The summed E-state index contributed by atoms with van der Waals surface area (Å²) >= 11 is 0. The lowest BCUT2D eigenvalue weighted by Gasteiger charge is -2.47. The minimum Gasteiger partial charge on any atom is -0.357 e. The monoisotopic (exact) mass is 438 g/mol. The Kier molecular flexibility index (Phi) is 6.21. The van der Waals surface area contributed by atoms with Crippen LogP contribution in [0.5, 0.6) is 0 Å². The highest BCUT2D eigenvalue weighted by Crippen LogP contribution is 2.34. The van der Waals surface area contributed by atoms with Crippen LogP contribution in [-0.2, 0) is 16.0 Å².